The molecular weight excluding hydrogens is 388 g/mol. The molecule has 0 fully saturated rings. The van der Waals surface area contributed by atoms with E-state index in [1.54, 1.807) is 49.4 Å². The van der Waals surface area contributed by atoms with E-state index in [1.165, 1.54) is 25.3 Å². The van der Waals surface area contributed by atoms with Gasteiger partial charge in [-0.1, -0.05) is 12.1 Å². The SMILES string of the molecule is CC(=O)Nc1cccc(C(=O)NN=Cc2ccc(-c3ccc(C)cc3[N+](=O)[O-])o2)c1. The van der Waals surface area contributed by atoms with Gasteiger partial charge in [0, 0.05) is 24.2 Å². The molecule has 3 aromatic rings. The van der Waals surface area contributed by atoms with E-state index in [1.807, 2.05) is 0 Å². The Labute approximate surface area is 171 Å². The van der Waals surface area contributed by atoms with Crippen molar-refractivity contribution >= 4 is 29.4 Å². The molecule has 0 aliphatic heterocycles. The molecule has 0 aliphatic rings. The zero-order valence-corrected chi connectivity index (χ0v) is 16.2. The molecular formula is C21H18N4O5. The van der Waals surface area contributed by atoms with E-state index in [-0.39, 0.29) is 11.6 Å². The van der Waals surface area contributed by atoms with Crippen molar-refractivity contribution in [3.63, 3.8) is 0 Å². The number of amides is 2. The average molecular weight is 406 g/mol. The number of benzene rings is 2. The van der Waals surface area contributed by atoms with Crippen LogP contribution in [0, 0.1) is 17.0 Å². The Balaban J connectivity index is 1.70. The lowest BCUT2D eigenvalue weighted by Crippen LogP contribution is -2.18. The van der Waals surface area contributed by atoms with Crippen molar-refractivity contribution in [2.24, 2.45) is 5.10 Å². The van der Waals surface area contributed by atoms with Gasteiger partial charge >= 0.3 is 0 Å². The summed E-state index contributed by atoms with van der Waals surface area (Å²) < 4.78 is 5.60. The monoisotopic (exact) mass is 406 g/mol. The lowest BCUT2D eigenvalue weighted by atomic mass is 10.1. The number of hydrazone groups is 1. The third-order valence-electron chi connectivity index (χ3n) is 4.05. The lowest BCUT2D eigenvalue weighted by molar-refractivity contribution is -0.384. The van der Waals surface area contributed by atoms with Crippen LogP contribution >= 0.6 is 0 Å². The lowest BCUT2D eigenvalue weighted by Gasteiger charge is -2.04. The predicted octanol–water partition coefficient (Wildman–Crippen LogP) is 3.89. The second-order valence-corrected chi connectivity index (χ2v) is 6.44. The van der Waals surface area contributed by atoms with E-state index >= 15 is 0 Å². The number of nitrogens with zero attached hydrogens (tertiary/aromatic N) is 2. The van der Waals surface area contributed by atoms with Gasteiger partial charge in [0.05, 0.1) is 16.7 Å². The first-order valence-corrected chi connectivity index (χ1v) is 8.90. The summed E-state index contributed by atoms with van der Waals surface area (Å²) >= 11 is 0. The van der Waals surface area contributed by atoms with Gasteiger partial charge in [-0.05, 0) is 48.9 Å². The second kappa shape index (κ2) is 8.82. The molecule has 0 atom stereocenters. The minimum Gasteiger partial charge on any atom is -0.455 e. The van der Waals surface area contributed by atoms with Gasteiger partial charge in [-0.2, -0.15) is 5.10 Å². The summed E-state index contributed by atoms with van der Waals surface area (Å²) in [5.41, 5.74) is 4.24. The highest BCUT2D eigenvalue weighted by atomic mass is 16.6. The number of carbonyl (C=O) groups is 2. The summed E-state index contributed by atoms with van der Waals surface area (Å²) in [5.74, 6) is -0.0860. The molecule has 0 unspecified atom stereocenters. The quantitative estimate of drug-likeness (QED) is 0.365. The Hall–Kier alpha value is -4.27. The summed E-state index contributed by atoms with van der Waals surface area (Å²) in [6.07, 6.45) is 1.29. The molecule has 3 rings (SSSR count). The van der Waals surface area contributed by atoms with Crippen molar-refractivity contribution in [1.82, 2.24) is 5.43 Å². The first-order chi connectivity index (χ1) is 14.3. The zero-order valence-electron chi connectivity index (χ0n) is 16.2. The number of hydrogen-bond donors (Lipinski definition) is 2. The Morgan fingerprint density at radius 3 is 2.67 bits per heavy atom. The van der Waals surface area contributed by atoms with Crippen LogP contribution in [-0.4, -0.2) is 23.0 Å². The molecule has 9 heteroatoms. The van der Waals surface area contributed by atoms with Crippen LogP contribution in [0.25, 0.3) is 11.3 Å². The van der Waals surface area contributed by atoms with Crippen LogP contribution in [-0.2, 0) is 4.79 Å². The minimum atomic E-state index is -0.473. The number of nitro groups is 1. The third-order valence-corrected chi connectivity index (χ3v) is 4.05. The largest absolute Gasteiger partial charge is 0.455 e. The van der Waals surface area contributed by atoms with Crippen LogP contribution < -0.4 is 10.7 Å². The molecule has 30 heavy (non-hydrogen) atoms. The normalized spacial score (nSPS) is 10.7. The number of carbonyl (C=O) groups excluding carboxylic acids is 2. The van der Waals surface area contributed by atoms with Gasteiger partial charge in [0.2, 0.25) is 5.91 Å². The van der Waals surface area contributed by atoms with Gasteiger partial charge < -0.3 is 9.73 Å². The number of furan rings is 1. The van der Waals surface area contributed by atoms with Crippen molar-refractivity contribution < 1.29 is 18.9 Å². The second-order valence-electron chi connectivity index (χ2n) is 6.44. The van der Waals surface area contributed by atoms with Crippen molar-refractivity contribution in [3.8, 4) is 11.3 Å². The minimum absolute atomic E-state index is 0.0554. The molecule has 0 saturated carbocycles. The highest BCUT2D eigenvalue weighted by Crippen LogP contribution is 2.31. The summed E-state index contributed by atoms with van der Waals surface area (Å²) in [6.45, 7) is 3.14. The number of nitro benzene ring substituents is 1. The van der Waals surface area contributed by atoms with Crippen LogP contribution in [0.15, 0.2) is 64.1 Å². The molecule has 0 aliphatic carbocycles. The molecule has 1 aromatic heterocycles. The van der Waals surface area contributed by atoms with Crippen LogP contribution in [0.1, 0.15) is 28.6 Å². The molecule has 0 radical (unpaired) electrons. The van der Waals surface area contributed by atoms with Crippen LogP contribution in [0.4, 0.5) is 11.4 Å². The van der Waals surface area contributed by atoms with Gasteiger partial charge in [-0.15, -0.1) is 0 Å². The maximum Gasteiger partial charge on any atom is 0.280 e. The fraction of sp³-hybridized carbons (Fsp3) is 0.0952. The number of aryl methyl sites for hydroxylation is 1. The molecule has 0 bridgehead atoms. The molecule has 2 aromatic carbocycles. The van der Waals surface area contributed by atoms with Crippen molar-refractivity contribution in [1.29, 1.82) is 0 Å². The molecule has 0 spiro atoms. The topological polar surface area (TPSA) is 127 Å². The van der Waals surface area contributed by atoms with Gasteiger partial charge in [-0.3, -0.25) is 19.7 Å². The highest BCUT2D eigenvalue weighted by Gasteiger charge is 2.18. The fourth-order valence-corrected chi connectivity index (χ4v) is 2.73. The average Bonchev–Trinajstić information content (AvgIpc) is 3.16. The standard InChI is InChI=1S/C21H18N4O5/c1-13-6-8-18(19(10-13)25(28)29)20-9-7-17(30-20)12-22-24-21(27)15-4-3-5-16(11-15)23-14(2)26/h3-12H,1-2H3,(H,23,26)(H,24,27). The Kier molecular flexibility index (Phi) is 6.02. The molecule has 9 nitrogen and oxygen atoms in total. The molecule has 2 amide bonds. The summed E-state index contributed by atoms with van der Waals surface area (Å²) in [6, 6.07) is 14.4. The predicted molar refractivity (Wildman–Crippen MR) is 111 cm³/mol. The molecule has 0 saturated heterocycles. The van der Waals surface area contributed by atoms with Crippen molar-refractivity contribution in [3.05, 3.63) is 81.6 Å². The van der Waals surface area contributed by atoms with Crippen molar-refractivity contribution in [2.45, 2.75) is 13.8 Å². The molecule has 1 heterocycles. The molecule has 152 valence electrons. The summed E-state index contributed by atoms with van der Waals surface area (Å²) in [7, 11) is 0. The maximum absolute atomic E-state index is 12.2. The van der Waals surface area contributed by atoms with Crippen LogP contribution in [0.2, 0.25) is 0 Å². The van der Waals surface area contributed by atoms with E-state index in [4.69, 9.17) is 4.42 Å². The Morgan fingerprint density at radius 2 is 1.93 bits per heavy atom. The highest BCUT2D eigenvalue weighted by molar-refractivity contribution is 5.97. The Bertz CT molecular complexity index is 1150. The van der Waals surface area contributed by atoms with E-state index in [0.29, 0.717) is 28.3 Å². The summed E-state index contributed by atoms with van der Waals surface area (Å²) in [4.78, 5) is 34.1. The first-order valence-electron chi connectivity index (χ1n) is 8.90. The number of nitrogens with one attached hydrogen (secondary N) is 2. The maximum atomic E-state index is 12.2. The smallest absolute Gasteiger partial charge is 0.280 e. The van der Waals surface area contributed by atoms with Gasteiger partial charge in [0.25, 0.3) is 11.6 Å². The van der Waals surface area contributed by atoms with E-state index in [9.17, 15) is 19.7 Å². The summed E-state index contributed by atoms with van der Waals surface area (Å²) in [5, 5.41) is 17.7. The molecule has 2 N–H and O–H groups in total. The number of hydrogen-bond acceptors (Lipinski definition) is 6. The fourth-order valence-electron chi connectivity index (χ4n) is 2.73. The zero-order chi connectivity index (χ0) is 21.7. The Morgan fingerprint density at radius 1 is 1.13 bits per heavy atom. The van der Waals surface area contributed by atoms with Crippen molar-refractivity contribution in [2.75, 3.05) is 5.32 Å². The third kappa shape index (κ3) is 4.96. The number of anilines is 1. The van der Waals surface area contributed by atoms with Crippen LogP contribution in [0.3, 0.4) is 0 Å². The number of rotatable bonds is 6. The van der Waals surface area contributed by atoms with Gasteiger partial charge in [0.15, 0.2) is 0 Å². The first kappa shape index (κ1) is 20.5. The van der Waals surface area contributed by atoms with E-state index < -0.39 is 10.8 Å². The van der Waals surface area contributed by atoms with Gasteiger partial charge in [0.1, 0.15) is 11.5 Å². The van der Waals surface area contributed by atoms with E-state index in [0.717, 1.165) is 5.56 Å². The van der Waals surface area contributed by atoms with E-state index in [2.05, 4.69) is 15.8 Å². The van der Waals surface area contributed by atoms with Gasteiger partial charge in [-0.25, -0.2) is 5.43 Å². The van der Waals surface area contributed by atoms with Crippen LogP contribution in [0.5, 0.6) is 0 Å².